The Morgan fingerprint density at radius 1 is 1.50 bits per heavy atom. The van der Waals surface area contributed by atoms with E-state index in [4.69, 9.17) is 0 Å². The van der Waals surface area contributed by atoms with Gasteiger partial charge in [0.05, 0.1) is 6.10 Å². The SMILES string of the molecule is CC1CN(C(=O)c2cccc(OC(F)F)c2)CCC1O. The molecule has 0 saturated carbocycles. The summed E-state index contributed by atoms with van der Waals surface area (Å²) in [4.78, 5) is 13.9. The Kier molecular flexibility index (Phi) is 4.54. The summed E-state index contributed by atoms with van der Waals surface area (Å²) in [6, 6.07) is 5.76. The second-order valence-electron chi connectivity index (χ2n) is 4.99. The van der Waals surface area contributed by atoms with Gasteiger partial charge in [-0.2, -0.15) is 8.78 Å². The molecular weight excluding hydrogens is 268 g/mol. The molecule has 1 amide bonds. The maximum absolute atomic E-state index is 12.3. The van der Waals surface area contributed by atoms with Gasteiger partial charge in [-0.3, -0.25) is 4.79 Å². The van der Waals surface area contributed by atoms with Gasteiger partial charge in [-0.25, -0.2) is 0 Å². The first-order valence-electron chi connectivity index (χ1n) is 6.49. The summed E-state index contributed by atoms with van der Waals surface area (Å²) in [6.45, 7) is -0.115. The van der Waals surface area contributed by atoms with Crippen molar-refractivity contribution < 1.29 is 23.4 Å². The highest BCUT2D eigenvalue weighted by molar-refractivity contribution is 5.94. The molecule has 1 aliphatic rings. The average molecular weight is 285 g/mol. The minimum absolute atomic E-state index is 0.00759. The van der Waals surface area contributed by atoms with E-state index < -0.39 is 12.7 Å². The second-order valence-corrected chi connectivity index (χ2v) is 4.99. The lowest BCUT2D eigenvalue weighted by Crippen LogP contribution is -2.44. The number of amides is 1. The van der Waals surface area contributed by atoms with Gasteiger partial charge in [0.2, 0.25) is 0 Å². The third-order valence-electron chi connectivity index (χ3n) is 3.45. The molecule has 0 spiro atoms. The Labute approximate surface area is 116 Å². The van der Waals surface area contributed by atoms with Crippen LogP contribution >= 0.6 is 0 Å². The summed E-state index contributed by atoms with van der Waals surface area (Å²) in [7, 11) is 0. The smallest absolute Gasteiger partial charge is 0.387 e. The summed E-state index contributed by atoms with van der Waals surface area (Å²) in [5.74, 6) is -0.257. The molecule has 2 unspecified atom stereocenters. The molecule has 1 saturated heterocycles. The highest BCUT2D eigenvalue weighted by atomic mass is 19.3. The van der Waals surface area contributed by atoms with Crippen LogP contribution in [0.25, 0.3) is 0 Å². The van der Waals surface area contributed by atoms with E-state index in [0.29, 0.717) is 25.1 Å². The number of carbonyl (C=O) groups excluding carboxylic acids is 1. The highest BCUT2D eigenvalue weighted by Gasteiger charge is 2.27. The topological polar surface area (TPSA) is 49.8 Å². The van der Waals surface area contributed by atoms with Crippen LogP contribution in [-0.4, -0.2) is 41.7 Å². The maximum Gasteiger partial charge on any atom is 0.387 e. The summed E-state index contributed by atoms with van der Waals surface area (Å²) in [6.07, 6.45) is 0.132. The van der Waals surface area contributed by atoms with Crippen molar-refractivity contribution in [1.29, 1.82) is 0 Å². The number of halogens is 2. The molecule has 2 atom stereocenters. The van der Waals surface area contributed by atoms with Crippen molar-refractivity contribution in [1.82, 2.24) is 4.90 Å². The van der Waals surface area contributed by atoms with Crippen molar-refractivity contribution in [2.75, 3.05) is 13.1 Å². The Balaban J connectivity index is 2.09. The van der Waals surface area contributed by atoms with Crippen LogP contribution in [0.2, 0.25) is 0 Å². The zero-order valence-corrected chi connectivity index (χ0v) is 11.1. The van der Waals surface area contributed by atoms with E-state index in [-0.39, 0.29) is 17.6 Å². The molecule has 0 bridgehead atoms. The number of ether oxygens (including phenoxy) is 1. The van der Waals surface area contributed by atoms with Gasteiger partial charge in [-0.15, -0.1) is 0 Å². The molecule has 20 heavy (non-hydrogen) atoms. The monoisotopic (exact) mass is 285 g/mol. The molecule has 0 aromatic heterocycles. The normalized spacial score (nSPS) is 22.9. The first-order chi connectivity index (χ1) is 9.47. The molecule has 4 nitrogen and oxygen atoms in total. The highest BCUT2D eigenvalue weighted by Crippen LogP contribution is 2.21. The first kappa shape index (κ1) is 14.7. The minimum atomic E-state index is -2.91. The molecular formula is C14H17F2NO3. The van der Waals surface area contributed by atoms with Crippen LogP contribution in [0.5, 0.6) is 5.75 Å². The largest absolute Gasteiger partial charge is 0.435 e. The fraction of sp³-hybridized carbons (Fsp3) is 0.500. The van der Waals surface area contributed by atoms with Gasteiger partial charge >= 0.3 is 6.61 Å². The van der Waals surface area contributed by atoms with Gasteiger partial charge < -0.3 is 14.7 Å². The fourth-order valence-corrected chi connectivity index (χ4v) is 2.31. The van der Waals surface area contributed by atoms with Crippen molar-refractivity contribution in [3.63, 3.8) is 0 Å². The summed E-state index contributed by atoms with van der Waals surface area (Å²) < 4.78 is 28.6. The van der Waals surface area contributed by atoms with Gasteiger partial charge in [0.25, 0.3) is 5.91 Å². The number of piperidine rings is 1. The van der Waals surface area contributed by atoms with E-state index in [2.05, 4.69) is 4.74 Å². The molecule has 6 heteroatoms. The molecule has 110 valence electrons. The molecule has 1 aliphatic heterocycles. The molecule has 1 fully saturated rings. The van der Waals surface area contributed by atoms with Gasteiger partial charge in [-0.1, -0.05) is 13.0 Å². The van der Waals surface area contributed by atoms with Crippen LogP contribution in [-0.2, 0) is 0 Å². The Morgan fingerprint density at radius 3 is 2.90 bits per heavy atom. The average Bonchev–Trinajstić information content (AvgIpc) is 2.40. The van der Waals surface area contributed by atoms with Crippen molar-refractivity contribution in [3.05, 3.63) is 29.8 Å². The zero-order chi connectivity index (χ0) is 14.7. The van der Waals surface area contributed by atoms with E-state index >= 15 is 0 Å². The second kappa shape index (κ2) is 6.17. The Hall–Kier alpha value is -1.69. The number of benzene rings is 1. The predicted octanol–water partition coefficient (Wildman–Crippen LogP) is 2.13. The number of nitrogens with zero attached hydrogens (tertiary/aromatic N) is 1. The number of likely N-dealkylation sites (tertiary alicyclic amines) is 1. The van der Waals surface area contributed by atoms with Gasteiger partial charge in [-0.05, 0) is 30.5 Å². The van der Waals surface area contributed by atoms with Gasteiger partial charge in [0.15, 0.2) is 0 Å². The Morgan fingerprint density at radius 2 is 2.25 bits per heavy atom. The van der Waals surface area contributed by atoms with E-state index in [1.165, 1.54) is 18.2 Å². The van der Waals surface area contributed by atoms with Crippen molar-refractivity contribution >= 4 is 5.91 Å². The van der Waals surface area contributed by atoms with Crippen LogP contribution in [0.3, 0.4) is 0 Å². The van der Waals surface area contributed by atoms with Crippen LogP contribution in [0.4, 0.5) is 8.78 Å². The number of hydrogen-bond donors (Lipinski definition) is 1. The van der Waals surface area contributed by atoms with E-state index in [1.54, 1.807) is 11.0 Å². The van der Waals surface area contributed by atoms with E-state index in [0.717, 1.165) is 0 Å². The third kappa shape index (κ3) is 3.45. The first-order valence-corrected chi connectivity index (χ1v) is 6.49. The van der Waals surface area contributed by atoms with E-state index in [9.17, 15) is 18.7 Å². The number of aliphatic hydroxyl groups is 1. The maximum atomic E-state index is 12.3. The molecule has 2 rings (SSSR count). The summed E-state index contributed by atoms with van der Waals surface area (Å²) in [5.41, 5.74) is 0.312. The minimum Gasteiger partial charge on any atom is -0.435 e. The Bertz CT molecular complexity index is 481. The molecule has 1 aromatic carbocycles. The summed E-state index contributed by atoms with van der Waals surface area (Å²) >= 11 is 0. The van der Waals surface area contributed by atoms with E-state index in [1.807, 2.05) is 6.92 Å². The molecule has 1 aromatic rings. The van der Waals surface area contributed by atoms with Crippen LogP contribution in [0, 0.1) is 5.92 Å². The lowest BCUT2D eigenvalue weighted by atomic mass is 9.96. The standard InChI is InChI=1S/C14H17F2NO3/c1-9-8-17(6-5-12(9)18)13(19)10-3-2-4-11(7-10)20-14(15)16/h2-4,7,9,12,14,18H,5-6,8H2,1H3. The number of hydrogen-bond acceptors (Lipinski definition) is 3. The predicted molar refractivity (Wildman–Crippen MR) is 68.8 cm³/mol. The van der Waals surface area contributed by atoms with Crippen molar-refractivity contribution in [2.45, 2.75) is 26.1 Å². The quantitative estimate of drug-likeness (QED) is 0.925. The third-order valence-corrected chi connectivity index (χ3v) is 3.45. The molecule has 0 aliphatic carbocycles. The molecule has 1 N–H and O–H groups in total. The number of rotatable bonds is 3. The van der Waals surface area contributed by atoms with Crippen molar-refractivity contribution in [3.8, 4) is 5.75 Å². The lowest BCUT2D eigenvalue weighted by Gasteiger charge is -2.34. The number of alkyl halides is 2. The van der Waals surface area contributed by atoms with Gasteiger partial charge in [0, 0.05) is 18.7 Å². The number of aliphatic hydroxyl groups excluding tert-OH is 1. The summed E-state index contributed by atoms with van der Waals surface area (Å²) in [5, 5.41) is 9.65. The van der Waals surface area contributed by atoms with Crippen LogP contribution in [0.15, 0.2) is 24.3 Å². The molecule has 0 radical (unpaired) electrons. The number of carbonyl (C=O) groups is 1. The van der Waals surface area contributed by atoms with Crippen molar-refractivity contribution in [2.24, 2.45) is 5.92 Å². The fourth-order valence-electron chi connectivity index (χ4n) is 2.31. The molecule has 1 heterocycles. The van der Waals surface area contributed by atoms with Gasteiger partial charge in [0.1, 0.15) is 5.75 Å². The van der Waals surface area contributed by atoms with Crippen LogP contribution in [0.1, 0.15) is 23.7 Å². The van der Waals surface area contributed by atoms with Crippen LogP contribution < -0.4 is 4.74 Å². The lowest BCUT2D eigenvalue weighted by molar-refractivity contribution is -0.0499. The zero-order valence-electron chi connectivity index (χ0n) is 11.1.